The van der Waals surface area contributed by atoms with Gasteiger partial charge in [0.25, 0.3) is 0 Å². The van der Waals surface area contributed by atoms with E-state index in [1.807, 2.05) is 0 Å². The lowest BCUT2D eigenvalue weighted by Crippen LogP contribution is -2.28. The number of carbonyl (C=O) groups is 1. The van der Waals surface area contributed by atoms with E-state index in [9.17, 15) is 4.79 Å². The van der Waals surface area contributed by atoms with Gasteiger partial charge in [0.1, 0.15) is 0 Å². The summed E-state index contributed by atoms with van der Waals surface area (Å²) in [4.78, 5) is 14.0. The summed E-state index contributed by atoms with van der Waals surface area (Å²) in [5.41, 5.74) is 2.38. The fraction of sp³-hybridized carbons (Fsp3) is 0.588. The Morgan fingerprint density at radius 2 is 1.86 bits per heavy atom. The van der Waals surface area contributed by atoms with E-state index in [1.54, 1.807) is 0 Å². The van der Waals surface area contributed by atoms with Crippen LogP contribution in [-0.4, -0.2) is 32.1 Å². The molecule has 4 nitrogen and oxygen atoms in total. The molecule has 1 amide bonds. The Morgan fingerprint density at radius 3 is 2.48 bits per heavy atom. The summed E-state index contributed by atoms with van der Waals surface area (Å²) in [6, 6.07) is 8.51. The van der Waals surface area contributed by atoms with Gasteiger partial charge in [-0.25, -0.2) is 0 Å². The average Bonchev–Trinajstić information content (AvgIpc) is 3.00. The number of hydrogen-bond donors (Lipinski definition) is 2. The maximum atomic E-state index is 11.6. The molecule has 1 aromatic rings. The monoisotopic (exact) mass is 289 g/mol. The quantitative estimate of drug-likeness (QED) is 0.811. The molecule has 1 aliphatic rings. The zero-order chi connectivity index (χ0) is 15.1. The first-order chi connectivity index (χ1) is 10.1. The normalized spacial score (nSPS) is 14.5. The Bertz CT molecular complexity index is 436. The van der Waals surface area contributed by atoms with Crippen molar-refractivity contribution in [1.29, 1.82) is 0 Å². The molecule has 1 aliphatic heterocycles. The predicted octanol–water partition coefficient (Wildman–Crippen LogP) is 2.86. The standard InChI is InChI=1S/C17H27N3O/c1-14(2)13-19-17(21)9-10-18-15-5-7-16(8-6-15)20-11-3-4-12-20/h5-8,14,18H,3-4,9-13H2,1-2H3,(H,19,21). The molecule has 4 heteroatoms. The van der Waals surface area contributed by atoms with Gasteiger partial charge >= 0.3 is 0 Å². The minimum absolute atomic E-state index is 0.116. The first-order valence-electron chi connectivity index (χ1n) is 8.01. The molecular weight excluding hydrogens is 262 g/mol. The Balaban J connectivity index is 1.70. The lowest BCUT2D eigenvalue weighted by Gasteiger charge is -2.18. The van der Waals surface area contributed by atoms with Crippen LogP contribution < -0.4 is 15.5 Å². The van der Waals surface area contributed by atoms with Gasteiger partial charge in [-0.05, 0) is 43.0 Å². The largest absolute Gasteiger partial charge is 0.385 e. The number of anilines is 2. The van der Waals surface area contributed by atoms with Crippen LogP contribution in [0.5, 0.6) is 0 Å². The number of hydrogen-bond acceptors (Lipinski definition) is 3. The van der Waals surface area contributed by atoms with Gasteiger partial charge in [-0.1, -0.05) is 13.8 Å². The van der Waals surface area contributed by atoms with Crippen LogP contribution in [-0.2, 0) is 4.79 Å². The van der Waals surface area contributed by atoms with Crippen molar-refractivity contribution < 1.29 is 4.79 Å². The minimum Gasteiger partial charge on any atom is -0.385 e. The van der Waals surface area contributed by atoms with Gasteiger partial charge in [0.15, 0.2) is 0 Å². The van der Waals surface area contributed by atoms with Crippen LogP contribution in [0.3, 0.4) is 0 Å². The fourth-order valence-corrected chi connectivity index (χ4v) is 2.49. The first kappa shape index (κ1) is 15.7. The number of rotatable bonds is 7. The number of benzene rings is 1. The van der Waals surface area contributed by atoms with Crippen molar-refractivity contribution >= 4 is 17.3 Å². The van der Waals surface area contributed by atoms with Crippen molar-refractivity contribution in [3.8, 4) is 0 Å². The van der Waals surface area contributed by atoms with E-state index in [4.69, 9.17) is 0 Å². The SMILES string of the molecule is CC(C)CNC(=O)CCNc1ccc(N2CCCC2)cc1. The van der Waals surface area contributed by atoms with E-state index < -0.39 is 0 Å². The van der Waals surface area contributed by atoms with Crippen molar-refractivity contribution in [1.82, 2.24) is 5.32 Å². The summed E-state index contributed by atoms with van der Waals surface area (Å²) < 4.78 is 0. The van der Waals surface area contributed by atoms with Crippen molar-refractivity contribution in [2.75, 3.05) is 36.4 Å². The molecule has 0 aliphatic carbocycles. The average molecular weight is 289 g/mol. The Morgan fingerprint density at radius 1 is 1.19 bits per heavy atom. The van der Waals surface area contributed by atoms with Crippen molar-refractivity contribution in [2.45, 2.75) is 33.1 Å². The maximum absolute atomic E-state index is 11.6. The van der Waals surface area contributed by atoms with E-state index in [-0.39, 0.29) is 5.91 Å². The number of nitrogens with zero attached hydrogens (tertiary/aromatic N) is 1. The molecule has 0 spiro atoms. The lowest BCUT2D eigenvalue weighted by atomic mass is 10.2. The molecule has 116 valence electrons. The van der Waals surface area contributed by atoms with Crippen molar-refractivity contribution in [3.63, 3.8) is 0 Å². The Labute approximate surface area is 127 Å². The van der Waals surface area contributed by atoms with Crippen LogP contribution in [0.25, 0.3) is 0 Å². The Kier molecular flexibility index (Phi) is 5.90. The first-order valence-corrected chi connectivity index (χ1v) is 8.01. The Hall–Kier alpha value is -1.71. The maximum Gasteiger partial charge on any atom is 0.221 e. The predicted molar refractivity (Wildman–Crippen MR) is 88.8 cm³/mol. The molecule has 1 fully saturated rings. The summed E-state index contributed by atoms with van der Waals surface area (Å²) in [6.45, 7) is 7.96. The van der Waals surface area contributed by atoms with Gasteiger partial charge in [-0.2, -0.15) is 0 Å². The number of carbonyl (C=O) groups excluding carboxylic acids is 1. The van der Waals surface area contributed by atoms with Crippen molar-refractivity contribution in [2.24, 2.45) is 5.92 Å². The smallest absolute Gasteiger partial charge is 0.221 e. The molecule has 0 bridgehead atoms. The molecular formula is C17H27N3O. The molecule has 2 N–H and O–H groups in total. The van der Waals surface area contributed by atoms with Crippen molar-refractivity contribution in [3.05, 3.63) is 24.3 Å². The minimum atomic E-state index is 0.116. The van der Waals surface area contributed by atoms with E-state index in [1.165, 1.54) is 31.6 Å². The van der Waals surface area contributed by atoms with Crippen LogP contribution in [0.15, 0.2) is 24.3 Å². The van der Waals surface area contributed by atoms with Crippen LogP contribution in [0, 0.1) is 5.92 Å². The summed E-state index contributed by atoms with van der Waals surface area (Å²) in [6.07, 6.45) is 3.11. The highest BCUT2D eigenvalue weighted by molar-refractivity contribution is 5.76. The highest BCUT2D eigenvalue weighted by Crippen LogP contribution is 2.21. The molecule has 0 unspecified atom stereocenters. The molecule has 0 aromatic heterocycles. The molecule has 0 radical (unpaired) electrons. The van der Waals surface area contributed by atoms with E-state index in [2.05, 4.69) is 53.6 Å². The molecule has 21 heavy (non-hydrogen) atoms. The van der Waals surface area contributed by atoms with Gasteiger partial charge in [0, 0.05) is 44.0 Å². The van der Waals surface area contributed by atoms with E-state index in [0.29, 0.717) is 18.9 Å². The molecule has 1 saturated heterocycles. The highest BCUT2D eigenvalue weighted by Gasteiger charge is 2.11. The fourth-order valence-electron chi connectivity index (χ4n) is 2.49. The van der Waals surface area contributed by atoms with Crippen LogP contribution in [0.4, 0.5) is 11.4 Å². The zero-order valence-corrected chi connectivity index (χ0v) is 13.2. The third-order valence-corrected chi connectivity index (χ3v) is 3.73. The molecule has 2 rings (SSSR count). The molecule has 1 heterocycles. The van der Waals surface area contributed by atoms with Crippen LogP contribution in [0.2, 0.25) is 0 Å². The summed E-state index contributed by atoms with van der Waals surface area (Å²) >= 11 is 0. The van der Waals surface area contributed by atoms with Crippen LogP contribution >= 0.6 is 0 Å². The van der Waals surface area contributed by atoms with E-state index in [0.717, 1.165) is 12.2 Å². The third kappa shape index (κ3) is 5.29. The zero-order valence-electron chi connectivity index (χ0n) is 13.2. The summed E-state index contributed by atoms with van der Waals surface area (Å²) in [5.74, 6) is 0.616. The second-order valence-electron chi connectivity index (χ2n) is 6.12. The topological polar surface area (TPSA) is 44.4 Å². The third-order valence-electron chi connectivity index (χ3n) is 3.73. The second kappa shape index (κ2) is 7.91. The van der Waals surface area contributed by atoms with Gasteiger partial charge in [0.2, 0.25) is 5.91 Å². The van der Waals surface area contributed by atoms with Gasteiger partial charge in [-0.15, -0.1) is 0 Å². The van der Waals surface area contributed by atoms with Crippen LogP contribution in [0.1, 0.15) is 33.1 Å². The number of amides is 1. The highest BCUT2D eigenvalue weighted by atomic mass is 16.1. The molecule has 1 aromatic carbocycles. The molecule has 0 saturated carbocycles. The lowest BCUT2D eigenvalue weighted by molar-refractivity contribution is -0.120. The van der Waals surface area contributed by atoms with Gasteiger partial charge in [-0.3, -0.25) is 4.79 Å². The summed E-state index contributed by atoms with van der Waals surface area (Å²) in [7, 11) is 0. The number of nitrogens with one attached hydrogen (secondary N) is 2. The molecule has 0 atom stereocenters. The van der Waals surface area contributed by atoms with Gasteiger partial charge in [0.05, 0.1) is 0 Å². The van der Waals surface area contributed by atoms with E-state index >= 15 is 0 Å². The van der Waals surface area contributed by atoms with Gasteiger partial charge < -0.3 is 15.5 Å². The second-order valence-corrected chi connectivity index (χ2v) is 6.12. The summed E-state index contributed by atoms with van der Waals surface area (Å²) in [5, 5.41) is 6.23.